The third-order valence-corrected chi connectivity index (χ3v) is 7.54. The molecule has 1 aliphatic heterocycles. The van der Waals surface area contributed by atoms with E-state index in [-0.39, 0.29) is 11.7 Å². The van der Waals surface area contributed by atoms with E-state index in [0.717, 1.165) is 40.1 Å². The van der Waals surface area contributed by atoms with Crippen LogP contribution in [0.15, 0.2) is 64.4 Å². The van der Waals surface area contributed by atoms with Crippen LogP contribution in [0.3, 0.4) is 0 Å². The van der Waals surface area contributed by atoms with Gasteiger partial charge in [0.15, 0.2) is 0 Å². The maximum Gasteiger partial charge on any atom is 0.253 e. The molecule has 0 spiro atoms. The quantitative estimate of drug-likeness (QED) is 0.186. The maximum absolute atomic E-state index is 12.0. The van der Waals surface area contributed by atoms with Crippen LogP contribution >= 0.6 is 0 Å². The molecule has 41 heavy (non-hydrogen) atoms. The minimum atomic E-state index is -0.575. The van der Waals surface area contributed by atoms with E-state index in [1.165, 1.54) is 5.56 Å². The summed E-state index contributed by atoms with van der Waals surface area (Å²) >= 11 is 0. The topological polar surface area (TPSA) is 168 Å². The van der Waals surface area contributed by atoms with Crippen molar-refractivity contribution in [3.8, 4) is 11.4 Å². The van der Waals surface area contributed by atoms with E-state index in [1.54, 1.807) is 6.33 Å². The number of fused-ring (bicyclic) bond motifs is 1. The molecule has 208 valence electrons. The Morgan fingerprint density at radius 2 is 1.78 bits per heavy atom. The van der Waals surface area contributed by atoms with E-state index in [9.17, 15) is 9.59 Å². The van der Waals surface area contributed by atoms with Gasteiger partial charge in [-0.2, -0.15) is 5.21 Å². The summed E-state index contributed by atoms with van der Waals surface area (Å²) in [5.74, 6) is 0.571. The van der Waals surface area contributed by atoms with Crippen molar-refractivity contribution in [3.05, 3.63) is 109 Å². The van der Waals surface area contributed by atoms with Crippen molar-refractivity contribution in [3.63, 3.8) is 0 Å². The smallest absolute Gasteiger partial charge is 0.253 e. The Morgan fingerprint density at radius 3 is 2.54 bits per heavy atom. The number of hydrogen-bond donors (Lipinski definition) is 4. The molecule has 0 saturated carbocycles. The number of nitrogens with two attached hydrogens (primary N) is 1. The molecule has 0 bridgehead atoms. The molecule has 0 amide bonds. The van der Waals surface area contributed by atoms with Crippen molar-refractivity contribution in [2.45, 2.75) is 45.6 Å². The van der Waals surface area contributed by atoms with Crippen LogP contribution in [0, 0.1) is 0 Å². The van der Waals surface area contributed by atoms with Crippen LogP contribution in [0.25, 0.3) is 11.4 Å². The van der Waals surface area contributed by atoms with Crippen LogP contribution in [0.4, 0.5) is 11.4 Å². The minimum Gasteiger partial charge on any atom is -0.394 e. The molecular weight excluding hydrogens is 520 g/mol. The van der Waals surface area contributed by atoms with Gasteiger partial charge >= 0.3 is 0 Å². The van der Waals surface area contributed by atoms with Gasteiger partial charge < -0.3 is 21.3 Å². The van der Waals surface area contributed by atoms with Crippen molar-refractivity contribution in [2.24, 2.45) is 0 Å². The molecule has 12 heteroatoms. The van der Waals surface area contributed by atoms with Gasteiger partial charge in [-0.3, -0.25) is 9.59 Å². The molecule has 2 aromatic heterocycles. The van der Waals surface area contributed by atoms with E-state index < -0.39 is 10.9 Å². The van der Waals surface area contributed by atoms with Gasteiger partial charge in [0.1, 0.15) is 17.7 Å². The number of nitrogens with zero attached hydrogens (tertiary/aromatic N) is 6. The molecule has 0 aliphatic carbocycles. The molecule has 0 saturated heterocycles. The summed E-state index contributed by atoms with van der Waals surface area (Å²) in [5.41, 5.74) is 12.6. The number of nitrogen functional groups attached to an aromatic ring is 1. The summed E-state index contributed by atoms with van der Waals surface area (Å²) in [6.45, 7) is 5.24. The number of aromatic nitrogens is 6. The Kier molecular flexibility index (Phi) is 7.32. The lowest BCUT2D eigenvalue weighted by Gasteiger charge is -2.32. The molecule has 3 heterocycles. The highest BCUT2D eigenvalue weighted by Gasteiger charge is 2.26. The number of hydrogen-bond acceptors (Lipinski definition) is 11. The van der Waals surface area contributed by atoms with Crippen LogP contribution in [0.2, 0.25) is 0 Å². The van der Waals surface area contributed by atoms with Crippen molar-refractivity contribution >= 4 is 11.4 Å². The Balaban J connectivity index is 1.01. The molecule has 0 radical (unpaired) electrons. The van der Waals surface area contributed by atoms with Crippen LogP contribution in [-0.4, -0.2) is 37.1 Å². The summed E-state index contributed by atoms with van der Waals surface area (Å²) in [6, 6.07) is 16.6. The summed E-state index contributed by atoms with van der Waals surface area (Å²) < 4.78 is 0. The summed E-state index contributed by atoms with van der Waals surface area (Å²) in [4.78, 5) is 34.3. The van der Waals surface area contributed by atoms with E-state index in [4.69, 9.17) is 5.73 Å². The molecule has 0 unspecified atom stereocenters. The maximum atomic E-state index is 12.0. The number of rotatable bonds is 10. The first kappa shape index (κ1) is 26.4. The molecule has 1 aliphatic rings. The highest BCUT2D eigenvalue weighted by Crippen LogP contribution is 2.26. The highest BCUT2D eigenvalue weighted by atomic mass is 16.2. The first-order valence-electron chi connectivity index (χ1n) is 13.5. The third kappa shape index (κ3) is 5.60. The van der Waals surface area contributed by atoms with E-state index in [2.05, 4.69) is 78.5 Å². The molecule has 0 fully saturated rings. The zero-order valence-electron chi connectivity index (χ0n) is 22.6. The second-order valence-corrected chi connectivity index (χ2v) is 10.3. The van der Waals surface area contributed by atoms with Gasteiger partial charge in [0.05, 0.1) is 11.4 Å². The van der Waals surface area contributed by atoms with Crippen molar-refractivity contribution in [1.29, 1.82) is 0 Å². The third-order valence-electron chi connectivity index (χ3n) is 7.54. The van der Waals surface area contributed by atoms with E-state index in [0.29, 0.717) is 44.2 Å². The molecule has 1 atom stereocenters. The van der Waals surface area contributed by atoms with Gasteiger partial charge in [-0.15, -0.1) is 10.2 Å². The monoisotopic (exact) mass is 550 g/mol. The predicted molar refractivity (Wildman–Crippen MR) is 154 cm³/mol. The Morgan fingerprint density at radius 1 is 0.976 bits per heavy atom. The van der Waals surface area contributed by atoms with Crippen LogP contribution in [-0.2, 0) is 32.6 Å². The van der Waals surface area contributed by atoms with Gasteiger partial charge in [-0.1, -0.05) is 42.5 Å². The summed E-state index contributed by atoms with van der Waals surface area (Å²) in [6.07, 6.45) is 2.40. The number of aromatic amines is 1. The van der Waals surface area contributed by atoms with E-state index >= 15 is 0 Å². The summed E-state index contributed by atoms with van der Waals surface area (Å²) in [7, 11) is 0. The normalized spacial score (nSPS) is 13.8. The zero-order valence-corrected chi connectivity index (χ0v) is 22.6. The standard InChI is InChI=1S/C29H30N10O2/c1-17(19-4-6-21(7-5-19)29-35-37-38-36-29)32-14-24-11-23(33-16-34-24)13-31-12-18-2-3-20-8-9-39(15-22(20)10-18)26-25(30)27(40)28(26)41/h2-7,10-11,16-17,31-32H,8-9,12-15,30H2,1H3,(H,35,36,37,38)/t17-/m0/s1. The van der Waals surface area contributed by atoms with Crippen LogP contribution in [0.5, 0.6) is 0 Å². The second-order valence-electron chi connectivity index (χ2n) is 10.3. The summed E-state index contributed by atoms with van der Waals surface area (Å²) in [5, 5.41) is 21.1. The van der Waals surface area contributed by atoms with Gasteiger partial charge in [0, 0.05) is 44.3 Å². The molecule has 5 aromatic rings. The fourth-order valence-corrected chi connectivity index (χ4v) is 5.18. The lowest BCUT2D eigenvalue weighted by Crippen LogP contribution is -2.44. The van der Waals surface area contributed by atoms with Crippen LogP contribution in [0.1, 0.15) is 46.6 Å². The number of anilines is 2. The van der Waals surface area contributed by atoms with Gasteiger partial charge in [-0.25, -0.2) is 9.97 Å². The lowest BCUT2D eigenvalue weighted by atomic mass is 9.96. The molecule has 3 aromatic carbocycles. The van der Waals surface area contributed by atoms with Gasteiger partial charge in [-0.05, 0) is 46.9 Å². The molecule has 6 rings (SSSR count). The largest absolute Gasteiger partial charge is 0.394 e. The van der Waals surface area contributed by atoms with Gasteiger partial charge in [0.25, 0.3) is 10.9 Å². The molecule has 5 N–H and O–H groups in total. The zero-order chi connectivity index (χ0) is 28.3. The second kappa shape index (κ2) is 11.4. The fourth-order valence-electron chi connectivity index (χ4n) is 5.18. The highest BCUT2D eigenvalue weighted by molar-refractivity contribution is 5.73. The Labute approximate surface area is 235 Å². The average molecular weight is 551 g/mol. The van der Waals surface area contributed by atoms with Crippen molar-refractivity contribution in [1.82, 2.24) is 41.2 Å². The van der Waals surface area contributed by atoms with Gasteiger partial charge in [0.2, 0.25) is 5.82 Å². The van der Waals surface area contributed by atoms with Crippen molar-refractivity contribution < 1.29 is 0 Å². The number of nitrogens with one attached hydrogen (secondary N) is 3. The first-order chi connectivity index (χ1) is 20.0. The number of benzene rings is 2. The minimum absolute atomic E-state index is 0.0840. The van der Waals surface area contributed by atoms with Crippen LogP contribution < -0.4 is 32.1 Å². The molecular formula is C29H30N10O2. The average Bonchev–Trinajstić information content (AvgIpc) is 3.55. The fraction of sp³-hybridized carbons (Fsp3) is 0.276. The van der Waals surface area contributed by atoms with Crippen molar-refractivity contribution in [2.75, 3.05) is 17.2 Å². The Bertz CT molecular complexity index is 1730. The Hall–Kier alpha value is -4.81. The predicted octanol–water partition coefficient (Wildman–Crippen LogP) is 1.54. The number of H-pyrrole nitrogens is 1. The molecule has 12 nitrogen and oxygen atoms in total. The SMILES string of the molecule is C[C@H](NCc1cc(CNCc2ccc3c(c2)CN(c2c(N)c(=O)c2=O)CC3)ncn1)c1ccc(-c2nn[nH]n2)cc1. The van der Waals surface area contributed by atoms with E-state index in [1.807, 2.05) is 23.1 Å². The first-order valence-corrected chi connectivity index (χ1v) is 13.5. The lowest BCUT2D eigenvalue weighted by molar-refractivity contribution is 0.565. The number of tetrazole rings is 1.